The number of amides is 1. The topological polar surface area (TPSA) is 89.7 Å². The van der Waals surface area contributed by atoms with Crippen LogP contribution in [0.3, 0.4) is 0 Å². The zero-order chi connectivity index (χ0) is 11.4. The highest BCUT2D eigenvalue weighted by atomic mass is 32.1. The molecule has 84 valence electrons. The molecule has 2 atom stereocenters. The summed E-state index contributed by atoms with van der Waals surface area (Å²) in [6, 6.07) is -0.655. The highest BCUT2D eigenvalue weighted by molar-refractivity contribution is 7.66. The maximum absolute atomic E-state index is 11.4. The van der Waals surface area contributed by atoms with Crippen molar-refractivity contribution in [3.63, 3.8) is 0 Å². The van der Waals surface area contributed by atoms with Crippen molar-refractivity contribution in [2.75, 3.05) is 20.2 Å². The molecule has 6 nitrogen and oxygen atoms in total. The summed E-state index contributed by atoms with van der Waals surface area (Å²) in [5.41, 5.74) is 5.21. The fraction of sp³-hybridized carbons (Fsp3) is 0.750. The SMILES string of the molecule is COC(=O)C1C[C@@H]([S+]=O)CN1C(=O)CN. The third kappa shape index (κ3) is 2.48. The fourth-order valence-electron chi connectivity index (χ4n) is 1.62. The molecule has 0 aromatic rings. The molecule has 0 aromatic heterocycles. The number of carbonyl (C=O) groups excluding carboxylic acids is 2. The lowest BCUT2D eigenvalue weighted by Gasteiger charge is -2.20. The normalized spacial score (nSPS) is 25.1. The summed E-state index contributed by atoms with van der Waals surface area (Å²) in [5.74, 6) is -0.824. The summed E-state index contributed by atoms with van der Waals surface area (Å²) in [6.45, 7) is 0.105. The minimum Gasteiger partial charge on any atom is -0.467 e. The summed E-state index contributed by atoms with van der Waals surface area (Å²) >= 11 is 0.403. The van der Waals surface area contributed by atoms with Crippen LogP contribution in [0.4, 0.5) is 0 Å². The fourth-order valence-corrected chi connectivity index (χ4v) is 2.10. The van der Waals surface area contributed by atoms with Gasteiger partial charge in [0, 0.05) is 10.6 Å². The van der Waals surface area contributed by atoms with Crippen molar-refractivity contribution < 1.29 is 18.5 Å². The Balaban J connectivity index is 2.78. The van der Waals surface area contributed by atoms with Gasteiger partial charge in [-0.15, -0.1) is 0 Å². The number of hydrogen-bond donors (Lipinski definition) is 1. The van der Waals surface area contributed by atoms with E-state index < -0.39 is 12.0 Å². The lowest BCUT2D eigenvalue weighted by Crippen LogP contribution is -2.44. The van der Waals surface area contributed by atoms with Gasteiger partial charge in [-0.3, -0.25) is 4.79 Å². The van der Waals surface area contributed by atoms with E-state index in [4.69, 9.17) is 5.73 Å². The second-order valence-electron chi connectivity index (χ2n) is 3.24. The third-order valence-electron chi connectivity index (χ3n) is 2.37. The Morgan fingerprint density at radius 2 is 2.27 bits per heavy atom. The molecule has 15 heavy (non-hydrogen) atoms. The van der Waals surface area contributed by atoms with Gasteiger partial charge in [-0.05, 0) is 0 Å². The number of rotatable bonds is 3. The first-order valence-electron chi connectivity index (χ1n) is 4.50. The molecule has 2 N–H and O–H groups in total. The number of methoxy groups -OCH3 is 1. The van der Waals surface area contributed by atoms with Gasteiger partial charge in [0.25, 0.3) is 5.25 Å². The minimum atomic E-state index is -0.655. The van der Waals surface area contributed by atoms with Gasteiger partial charge < -0.3 is 15.4 Å². The van der Waals surface area contributed by atoms with Crippen LogP contribution in [0.5, 0.6) is 0 Å². The summed E-state index contributed by atoms with van der Waals surface area (Å²) in [4.78, 5) is 24.0. The predicted octanol–water partition coefficient (Wildman–Crippen LogP) is -1.48. The number of ether oxygens (including phenoxy) is 1. The van der Waals surface area contributed by atoms with E-state index in [0.717, 1.165) is 0 Å². The third-order valence-corrected chi connectivity index (χ3v) is 2.98. The Labute approximate surface area is 91.2 Å². The molecule has 0 saturated carbocycles. The van der Waals surface area contributed by atoms with Crippen LogP contribution >= 0.6 is 0 Å². The van der Waals surface area contributed by atoms with Crippen molar-refractivity contribution in [2.45, 2.75) is 17.7 Å². The molecule has 1 amide bonds. The van der Waals surface area contributed by atoms with Gasteiger partial charge in [-0.25, -0.2) is 4.79 Å². The van der Waals surface area contributed by atoms with Crippen LogP contribution in [0, 0.1) is 0 Å². The first kappa shape index (κ1) is 12.0. The molecule has 1 unspecified atom stereocenters. The van der Waals surface area contributed by atoms with Crippen LogP contribution in [0.1, 0.15) is 6.42 Å². The van der Waals surface area contributed by atoms with E-state index in [0.29, 0.717) is 18.1 Å². The average Bonchev–Trinajstić information content (AvgIpc) is 2.70. The zero-order valence-electron chi connectivity index (χ0n) is 8.34. The smallest absolute Gasteiger partial charge is 0.464 e. The van der Waals surface area contributed by atoms with Gasteiger partial charge in [0.15, 0.2) is 0 Å². The lowest BCUT2D eigenvalue weighted by molar-refractivity contribution is -0.150. The standard InChI is InChI=1S/C8H13N2O4S/c1-14-8(12)6-2-5(15-13)4-10(6)7(11)3-9/h5-6H,2-4,9H2,1H3/q+1/t5-,6?/m1/s1. The molecule has 7 heteroatoms. The monoisotopic (exact) mass is 233 g/mol. The van der Waals surface area contributed by atoms with E-state index in [1.807, 2.05) is 0 Å². The van der Waals surface area contributed by atoms with Gasteiger partial charge in [0.1, 0.15) is 6.04 Å². The molecular formula is C8H13N2O4S+. The Hall–Kier alpha value is -1.08. The number of esters is 1. The zero-order valence-corrected chi connectivity index (χ0v) is 9.16. The second kappa shape index (κ2) is 5.13. The molecule has 1 aliphatic rings. The summed E-state index contributed by atoms with van der Waals surface area (Å²) < 4.78 is 15.2. The van der Waals surface area contributed by atoms with Crippen LogP contribution in [-0.4, -0.2) is 48.3 Å². The molecule has 1 saturated heterocycles. The van der Waals surface area contributed by atoms with Crippen LogP contribution in [-0.2, 0) is 30.2 Å². The number of carbonyl (C=O) groups is 2. The quantitative estimate of drug-likeness (QED) is 0.474. The highest BCUT2D eigenvalue weighted by Gasteiger charge is 2.45. The predicted molar refractivity (Wildman–Crippen MR) is 53.0 cm³/mol. The lowest BCUT2D eigenvalue weighted by atomic mass is 10.2. The summed E-state index contributed by atoms with van der Waals surface area (Å²) in [6.07, 6.45) is 0.340. The van der Waals surface area contributed by atoms with E-state index in [1.165, 1.54) is 12.0 Å². The summed E-state index contributed by atoms with van der Waals surface area (Å²) in [7, 11) is 1.26. The van der Waals surface area contributed by atoms with Crippen molar-refractivity contribution in [2.24, 2.45) is 5.73 Å². The Kier molecular flexibility index (Phi) is 4.10. The molecule has 1 rings (SSSR count). The van der Waals surface area contributed by atoms with E-state index in [-0.39, 0.29) is 24.2 Å². The van der Waals surface area contributed by atoms with E-state index >= 15 is 0 Å². The van der Waals surface area contributed by atoms with Crippen molar-refractivity contribution in [1.82, 2.24) is 4.90 Å². The van der Waals surface area contributed by atoms with Crippen molar-refractivity contribution >= 4 is 23.5 Å². The first-order valence-corrected chi connectivity index (χ1v) is 5.30. The second-order valence-corrected chi connectivity index (χ2v) is 4.10. The van der Waals surface area contributed by atoms with Gasteiger partial charge in [-0.1, -0.05) is 0 Å². The highest BCUT2D eigenvalue weighted by Crippen LogP contribution is 2.20. The Bertz CT molecular complexity index is 260. The van der Waals surface area contributed by atoms with Crippen LogP contribution in [0.2, 0.25) is 0 Å². The first-order chi connectivity index (χ1) is 7.13. The number of hydrogen-bond acceptors (Lipinski definition) is 5. The maximum atomic E-state index is 11.4. The molecule has 0 spiro atoms. The average molecular weight is 233 g/mol. The van der Waals surface area contributed by atoms with Crippen molar-refractivity contribution in [3.05, 3.63) is 0 Å². The molecule has 0 aromatic carbocycles. The molecule has 1 aliphatic heterocycles. The van der Waals surface area contributed by atoms with Crippen LogP contribution < -0.4 is 5.73 Å². The summed E-state index contributed by atoms with van der Waals surface area (Å²) in [5, 5.41) is -0.260. The molecule has 0 radical (unpaired) electrons. The molecule has 0 bridgehead atoms. The van der Waals surface area contributed by atoms with Gasteiger partial charge in [0.05, 0.1) is 20.2 Å². The molecule has 0 aliphatic carbocycles. The van der Waals surface area contributed by atoms with Gasteiger partial charge in [-0.2, -0.15) is 0 Å². The molecular weight excluding hydrogens is 220 g/mol. The molecule has 1 heterocycles. The number of nitrogens with zero attached hydrogens (tertiary/aromatic N) is 1. The molecule has 1 fully saturated rings. The van der Waals surface area contributed by atoms with Crippen molar-refractivity contribution in [3.8, 4) is 0 Å². The van der Waals surface area contributed by atoms with Crippen LogP contribution in [0.25, 0.3) is 0 Å². The van der Waals surface area contributed by atoms with Gasteiger partial charge in [0.2, 0.25) is 5.91 Å². The minimum absolute atomic E-state index is 0.163. The van der Waals surface area contributed by atoms with E-state index in [9.17, 15) is 13.8 Å². The number of likely N-dealkylation sites (tertiary alicyclic amines) is 1. The van der Waals surface area contributed by atoms with E-state index in [1.54, 1.807) is 0 Å². The maximum Gasteiger partial charge on any atom is 0.464 e. The largest absolute Gasteiger partial charge is 0.467 e. The number of nitrogens with two attached hydrogens (primary N) is 1. The Morgan fingerprint density at radius 1 is 1.60 bits per heavy atom. The van der Waals surface area contributed by atoms with Crippen molar-refractivity contribution in [1.29, 1.82) is 0 Å². The Morgan fingerprint density at radius 3 is 2.73 bits per heavy atom. The van der Waals surface area contributed by atoms with Gasteiger partial charge >= 0.3 is 17.6 Å². The van der Waals surface area contributed by atoms with Crippen LogP contribution in [0.15, 0.2) is 0 Å². The van der Waals surface area contributed by atoms with E-state index in [2.05, 4.69) is 4.74 Å².